The number of rotatable bonds is 5. The minimum absolute atomic E-state index is 0.319. The Labute approximate surface area is 107 Å². The Bertz CT molecular complexity index is 512. The van der Waals surface area contributed by atoms with Crippen LogP contribution in [0.5, 0.6) is 0 Å². The Hall–Kier alpha value is -2.27. The van der Waals surface area contributed by atoms with Gasteiger partial charge in [0, 0.05) is 6.54 Å². The SMILES string of the molecule is O=C(O)c1cn(CCNC(=O)C(F)(F)C(F)(F)F)nn1. The van der Waals surface area contributed by atoms with Crippen molar-refractivity contribution in [2.75, 3.05) is 6.54 Å². The molecule has 1 aromatic heterocycles. The molecule has 7 nitrogen and oxygen atoms in total. The summed E-state index contributed by atoms with van der Waals surface area (Å²) in [6.45, 7) is -0.924. The number of carbonyl (C=O) groups excluding carboxylic acids is 1. The van der Waals surface area contributed by atoms with Crippen molar-refractivity contribution in [1.82, 2.24) is 20.3 Å². The van der Waals surface area contributed by atoms with Gasteiger partial charge in [0.15, 0.2) is 5.69 Å². The highest BCUT2D eigenvalue weighted by Gasteiger charge is 2.63. The summed E-state index contributed by atoms with van der Waals surface area (Å²) < 4.78 is 61.4. The maximum atomic E-state index is 12.5. The van der Waals surface area contributed by atoms with Crippen LogP contribution in [-0.2, 0) is 11.3 Å². The molecule has 1 rings (SSSR count). The summed E-state index contributed by atoms with van der Waals surface area (Å²) in [5.74, 6) is -9.38. The van der Waals surface area contributed by atoms with Crippen molar-refractivity contribution in [2.24, 2.45) is 0 Å². The van der Waals surface area contributed by atoms with Gasteiger partial charge in [0.1, 0.15) is 0 Å². The van der Waals surface area contributed by atoms with Crippen LogP contribution in [0.4, 0.5) is 22.0 Å². The van der Waals surface area contributed by atoms with Gasteiger partial charge in [-0.25, -0.2) is 9.48 Å². The second kappa shape index (κ2) is 5.38. The number of carbonyl (C=O) groups is 2. The molecule has 0 atom stereocenters. The Kier molecular flexibility index (Phi) is 4.25. The van der Waals surface area contributed by atoms with Gasteiger partial charge in [-0.2, -0.15) is 22.0 Å². The lowest BCUT2D eigenvalue weighted by atomic mass is 10.3. The fourth-order valence-electron chi connectivity index (χ4n) is 1.03. The maximum Gasteiger partial charge on any atom is 0.463 e. The van der Waals surface area contributed by atoms with Gasteiger partial charge < -0.3 is 10.4 Å². The van der Waals surface area contributed by atoms with E-state index in [9.17, 15) is 31.5 Å². The van der Waals surface area contributed by atoms with E-state index in [-0.39, 0.29) is 6.54 Å². The molecule has 0 fully saturated rings. The van der Waals surface area contributed by atoms with Crippen LogP contribution < -0.4 is 5.32 Å². The Morgan fingerprint density at radius 3 is 2.35 bits per heavy atom. The molecule has 0 aliphatic rings. The predicted molar refractivity (Wildman–Crippen MR) is 51.0 cm³/mol. The molecular formula is C8H7F5N4O3. The molecule has 1 amide bonds. The van der Waals surface area contributed by atoms with E-state index in [4.69, 9.17) is 5.11 Å². The molecule has 1 aromatic rings. The highest BCUT2D eigenvalue weighted by atomic mass is 19.4. The van der Waals surface area contributed by atoms with Crippen molar-refractivity contribution in [3.05, 3.63) is 11.9 Å². The molecule has 0 aliphatic carbocycles. The third-order valence-corrected chi connectivity index (χ3v) is 2.03. The van der Waals surface area contributed by atoms with Crippen molar-refractivity contribution in [1.29, 1.82) is 0 Å². The minimum atomic E-state index is -5.99. The minimum Gasteiger partial charge on any atom is -0.476 e. The zero-order valence-electron chi connectivity index (χ0n) is 9.49. The number of alkyl halides is 5. The van der Waals surface area contributed by atoms with Crippen molar-refractivity contribution in [2.45, 2.75) is 18.6 Å². The maximum absolute atomic E-state index is 12.5. The van der Waals surface area contributed by atoms with E-state index in [0.717, 1.165) is 10.9 Å². The first-order valence-electron chi connectivity index (χ1n) is 4.92. The average Bonchev–Trinajstić information content (AvgIpc) is 2.76. The van der Waals surface area contributed by atoms with Crippen LogP contribution in [0.15, 0.2) is 6.20 Å². The topological polar surface area (TPSA) is 97.1 Å². The summed E-state index contributed by atoms with van der Waals surface area (Å²) in [5.41, 5.74) is -0.433. The van der Waals surface area contributed by atoms with Gasteiger partial charge in [-0.1, -0.05) is 5.21 Å². The molecule has 12 heteroatoms. The lowest BCUT2D eigenvalue weighted by Crippen LogP contribution is -2.50. The highest BCUT2D eigenvalue weighted by molar-refractivity contribution is 5.85. The summed E-state index contributed by atoms with van der Waals surface area (Å²) in [6.07, 6.45) is -5.06. The number of aromatic nitrogens is 3. The van der Waals surface area contributed by atoms with E-state index in [1.807, 2.05) is 0 Å². The van der Waals surface area contributed by atoms with Gasteiger partial charge in [0.2, 0.25) is 0 Å². The van der Waals surface area contributed by atoms with Crippen LogP contribution >= 0.6 is 0 Å². The van der Waals surface area contributed by atoms with Crippen molar-refractivity contribution in [3.8, 4) is 0 Å². The van der Waals surface area contributed by atoms with Gasteiger partial charge in [-0.05, 0) is 0 Å². The van der Waals surface area contributed by atoms with Crippen LogP contribution in [0.1, 0.15) is 10.5 Å². The van der Waals surface area contributed by atoms with E-state index in [0.29, 0.717) is 0 Å². The highest BCUT2D eigenvalue weighted by Crippen LogP contribution is 2.35. The smallest absolute Gasteiger partial charge is 0.463 e. The number of nitrogens with one attached hydrogen (secondary N) is 1. The summed E-state index contributed by atoms with van der Waals surface area (Å²) >= 11 is 0. The first-order valence-corrected chi connectivity index (χ1v) is 4.92. The Morgan fingerprint density at radius 1 is 1.30 bits per heavy atom. The van der Waals surface area contributed by atoms with Crippen LogP contribution in [0.25, 0.3) is 0 Å². The average molecular weight is 302 g/mol. The van der Waals surface area contributed by atoms with E-state index in [2.05, 4.69) is 10.3 Å². The van der Waals surface area contributed by atoms with Gasteiger partial charge in [0.25, 0.3) is 5.91 Å². The molecule has 2 N–H and O–H groups in total. The van der Waals surface area contributed by atoms with E-state index in [1.165, 1.54) is 5.32 Å². The lowest BCUT2D eigenvalue weighted by molar-refractivity contribution is -0.269. The summed E-state index contributed by atoms with van der Waals surface area (Å²) in [7, 11) is 0. The van der Waals surface area contributed by atoms with Crippen LogP contribution in [0.3, 0.4) is 0 Å². The van der Waals surface area contributed by atoms with Crippen LogP contribution in [0.2, 0.25) is 0 Å². The van der Waals surface area contributed by atoms with E-state index < -0.39 is 36.2 Å². The van der Waals surface area contributed by atoms with Gasteiger partial charge >= 0.3 is 18.1 Å². The number of carboxylic acid groups (broad SMARTS) is 1. The second-order valence-electron chi connectivity index (χ2n) is 3.50. The van der Waals surface area contributed by atoms with Crippen LogP contribution in [0, 0.1) is 0 Å². The first-order chi connectivity index (χ1) is 9.05. The normalized spacial score (nSPS) is 12.2. The number of hydrogen-bond donors (Lipinski definition) is 2. The number of aromatic carboxylic acids is 1. The van der Waals surface area contributed by atoms with Gasteiger partial charge in [-0.3, -0.25) is 4.79 Å². The molecule has 1 heterocycles. The Balaban J connectivity index is 2.52. The molecule has 0 bridgehead atoms. The summed E-state index contributed by atoms with van der Waals surface area (Å²) in [4.78, 5) is 21.1. The molecule has 0 unspecified atom stereocenters. The summed E-state index contributed by atoms with van der Waals surface area (Å²) in [5, 5.41) is 16.3. The molecule has 0 spiro atoms. The molecule has 0 saturated carbocycles. The number of nitrogens with zero attached hydrogens (tertiary/aromatic N) is 3. The standard InChI is InChI=1S/C8H7F5N4O3/c9-7(10,8(11,12)13)6(20)14-1-2-17-3-4(5(18)19)15-16-17/h3H,1-2H2,(H,14,20)(H,18,19). The molecule has 0 aliphatic heterocycles. The van der Waals surface area contributed by atoms with Crippen LogP contribution in [-0.4, -0.2) is 50.6 Å². The Morgan fingerprint density at radius 2 is 1.90 bits per heavy atom. The molecule has 112 valence electrons. The predicted octanol–water partition coefficient (Wildman–Crippen LogP) is 0.290. The fourth-order valence-corrected chi connectivity index (χ4v) is 1.03. The first kappa shape index (κ1) is 15.8. The molecule has 0 saturated heterocycles. The zero-order valence-corrected chi connectivity index (χ0v) is 9.49. The number of halogens is 5. The van der Waals surface area contributed by atoms with Gasteiger partial charge in [0.05, 0.1) is 12.7 Å². The molecule has 0 aromatic carbocycles. The summed E-state index contributed by atoms with van der Waals surface area (Å²) in [6, 6.07) is 0. The van der Waals surface area contributed by atoms with Crippen molar-refractivity contribution >= 4 is 11.9 Å². The quantitative estimate of drug-likeness (QED) is 0.762. The molecular weight excluding hydrogens is 295 g/mol. The van der Waals surface area contributed by atoms with E-state index >= 15 is 0 Å². The monoisotopic (exact) mass is 302 g/mol. The van der Waals surface area contributed by atoms with E-state index in [1.54, 1.807) is 0 Å². The molecule has 20 heavy (non-hydrogen) atoms. The second-order valence-corrected chi connectivity index (χ2v) is 3.50. The van der Waals surface area contributed by atoms with Crippen molar-refractivity contribution < 1.29 is 36.6 Å². The largest absolute Gasteiger partial charge is 0.476 e. The van der Waals surface area contributed by atoms with Gasteiger partial charge in [-0.15, -0.1) is 5.10 Å². The molecule has 0 radical (unpaired) electrons. The lowest BCUT2D eigenvalue weighted by Gasteiger charge is -2.18. The van der Waals surface area contributed by atoms with Crippen molar-refractivity contribution in [3.63, 3.8) is 0 Å². The number of hydrogen-bond acceptors (Lipinski definition) is 4. The number of carboxylic acids is 1. The third kappa shape index (κ3) is 3.39. The zero-order chi connectivity index (χ0) is 15.6. The third-order valence-electron chi connectivity index (χ3n) is 2.03. The fraction of sp³-hybridized carbons (Fsp3) is 0.500. The number of amides is 1.